The van der Waals surface area contributed by atoms with Crippen molar-refractivity contribution in [3.05, 3.63) is 64.7 Å². The summed E-state index contributed by atoms with van der Waals surface area (Å²) in [6.07, 6.45) is 1.95. The number of carbonyl (C=O) groups is 2. The molecule has 2 aliphatic heterocycles. The highest BCUT2D eigenvalue weighted by molar-refractivity contribution is 5.95. The predicted octanol–water partition coefficient (Wildman–Crippen LogP) is 3.26. The number of amides is 3. The van der Waals surface area contributed by atoms with Gasteiger partial charge in [0.05, 0.1) is 11.6 Å². The van der Waals surface area contributed by atoms with Crippen LogP contribution in [-0.4, -0.2) is 36.6 Å². The summed E-state index contributed by atoms with van der Waals surface area (Å²) in [5.74, 6) is 0.359. The zero-order valence-corrected chi connectivity index (χ0v) is 16.7. The molecule has 2 N–H and O–H groups in total. The fraction of sp³-hybridized carbons (Fsp3) is 0.348. The van der Waals surface area contributed by atoms with E-state index in [4.69, 9.17) is 10.00 Å². The number of fused-ring (bicyclic) bond motifs is 1. The van der Waals surface area contributed by atoms with Crippen LogP contribution in [0.5, 0.6) is 0 Å². The maximum absolute atomic E-state index is 12.6. The predicted molar refractivity (Wildman–Crippen MR) is 112 cm³/mol. The van der Waals surface area contributed by atoms with Gasteiger partial charge >= 0.3 is 6.03 Å². The molecule has 154 valence electrons. The van der Waals surface area contributed by atoms with Crippen molar-refractivity contribution in [1.29, 1.82) is 5.26 Å². The quantitative estimate of drug-likeness (QED) is 0.818. The van der Waals surface area contributed by atoms with Gasteiger partial charge in [-0.25, -0.2) is 4.79 Å². The summed E-state index contributed by atoms with van der Waals surface area (Å²) in [5, 5.41) is 14.9. The zero-order valence-electron chi connectivity index (χ0n) is 16.7. The van der Waals surface area contributed by atoms with Crippen LogP contribution in [0.2, 0.25) is 0 Å². The smallest absolute Gasteiger partial charge is 0.322 e. The van der Waals surface area contributed by atoms with Crippen molar-refractivity contribution in [3.8, 4) is 6.07 Å². The van der Waals surface area contributed by atoms with Crippen LogP contribution in [0.4, 0.5) is 10.5 Å². The molecule has 0 aliphatic carbocycles. The Labute approximate surface area is 175 Å². The number of rotatable bonds is 4. The molecule has 0 spiro atoms. The number of hydrogen-bond acceptors (Lipinski definition) is 4. The van der Waals surface area contributed by atoms with Gasteiger partial charge in [0.1, 0.15) is 0 Å². The number of nitrogens with zero attached hydrogens (tertiary/aromatic N) is 2. The molecule has 4 rings (SSSR count). The molecule has 2 aliphatic rings. The molecule has 2 aromatic rings. The lowest BCUT2D eigenvalue weighted by Crippen LogP contribution is -2.32. The van der Waals surface area contributed by atoms with Crippen LogP contribution >= 0.6 is 0 Å². The maximum Gasteiger partial charge on any atom is 0.322 e. The van der Waals surface area contributed by atoms with Gasteiger partial charge in [-0.3, -0.25) is 4.79 Å². The average Bonchev–Trinajstić information content (AvgIpc) is 3.22. The Morgan fingerprint density at radius 1 is 1.07 bits per heavy atom. The van der Waals surface area contributed by atoms with Crippen LogP contribution in [-0.2, 0) is 17.8 Å². The number of nitrogens with one attached hydrogen (secondary N) is 2. The van der Waals surface area contributed by atoms with E-state index in [1.54, 1.807) is 35.2 Å². The topological polar surface area (TPSA) is 94.5 Å². The Hall–Kier alpha value is -3.37. The molecule has 0 aromatic heterocycles. The first kappa shape index (κ1) is 19.9. The van der Waals surface area contributed by atoms with E-state index in [0.29, 0.717) is 42.4 Å². The number of anilines is 1. The second kappa shape index (κ2) is 8.97. The van der Waals surface area contributed by atoms with Gasteiger partial charge < -0.3 is 20.3 Å². The molecule has 0 bridgehead atoms. The second-order valence-corrected chi connectivity index (χ2v) is 7.72. The highest BCUT2D eigenvalue weighted by Crippen LogP contribution is 2.24. The van der Waals surface area contributed by atoms with Gasteiger partial charge in [0.25, 0.3) is 5.91 Å². The van der Waals surface area contributed by atoms with E-state index in [0.717, 1.165) is 37.2 Å². The van der Waals surface area contributed by atoms with Crippen molar-refractivity contribution < 1.29 is 14.3 Å². The van der Waals surface area contributed by atoms with Gasteiger partial charge in [0.2, 0.25) is 0 Å². The summed E-state index contributed by atoms with van der Waals surface area (Å²) >= 11 is 0. The lowest BCUT2D eigenvalue weighted by Gasteiger charge is -2.22. The second-order valence-electron chi connectivity index (χ2n) is 7.72. The van der Waals surface area contributed by atoms with Gasteiger partial charge in [-0.15, -0.1) is 0 Å². The largest absolute Gasteiger partial charge is 0.381 e. The first-order valence-electron chi connectivity index (χ1n) is 10.2. The fourth-order valence-electron chi connectivity index (χ4n) is 3.80. The van der Waals surface area contributed by atoms with Crippen LogP contribution in [0.3, 0.4) is 0 Å². The lowest BCUT2D eigenvalue weighted by molar-refractivity contribution is 0.0642. The normalized spacial score (nSPS) is 15.9. The third-order valence-electron chi connectivity index (χ3n) is 5.64. The summed E-state index contributed by atoms with van der Waals surface area (Å²) in [6.45, 7) is 3.17. The minimum Gasteiger partial charge on any atom is -0.381 e. The molecule has 3 amide bonds. The molecule has 1 saturated heterocycles. The third-order valence-corrected chi connectivity index (χ3v) is 5.64. The summed E-state index contributed by atoms with van der Waals surface area (Å²) < 4.78 is 5.34. The van der Waals surface area contributed by atoms with E-state index in [1.165, 1.54) is 0 Å². The minimum atomic E-state index is -0.207. The summed E-state index contributed by atoms with van der Waals surface area (Å²) in [4.78, 5) is 26.6. The third kappa shape index (κ3) is 4.61. The monoisotopic (exact) mass is 404 g/mol. The SMILES string of the molecule is N#Cc1ccc2c(c1)CN(C(=O)Nc1ccc(C(=O)NCC3CCOCC3)cc1)C2. The Kier molecular flexibility index (Phi) is 5.96. The van der Waals surface area contributed by atoms with Crippen molar-refractivity contribution in [2.75, 3.05) is 25.1 Å². The van der Waals surface area contributed by atoms with Gasteiger partial charge in [-0.2, -0.15) is 5.26 Å². The average molecular weight is 404 g/mol. The molecule has 30 heavy (non-hydrogen) atoms. The fourth-order valence-corrected chi connectivity index (χ4v) is 3.80. The number of carbonyl (C=O) groups excluding carboxylic acids is 2. The number of urea groups is 1. The summed E-state index contributed by atoms with van der Waals surface area (Å²) in [7, 11) is 0. The first-order chi connectivity index (χ1) is 14.6. The van der Waals surface area contributed by atoms with Crippen LogP contribution < -0.4 is 10.6 Å². The Morgan fingerprint density at radius 2 is 1.80 bits per heavy atom. The number of nitriles is 1. The number of hydrogen-bond donors (Lipinski definition) is 2. The van der Waals surface area contributed by atoms with Crippen LogP contribution in [0.1, 0.15) is 39.9 Å². The van der Waals surface area contributed by atoms with Crippen molar-refractivity contribution in [2.45, 2.75) is 25.9 Å². The molecule has 7 nitrogen and oxygen atoms in total. The maximum atomic E-state index is 12.6. The molecule has 7 heteroatoms. The molecule has 0 radical (unpaired) electrons. The Morgan fingerprint density at radius 3 is 2.53 bits per heavy atom. The molecule has 0 saturated carbocycles. The van der Waals surface area contributed by atoms with Gasteiger partial charge in [-0.1, -0.05) is 6.07 Å². The van der Waals surface area contributed by atoms with Gasteiger partial charge in [0.15, 0.2) is 0 Å². The molecular weight excluding hydrogens is 380 g/mol. The van der Waals surface area contributed by atoms with Crippen molar-refractivity contribution in [3.63, 3.8) is 0 Å². The van der Waals surface area contributed by atoms with Crippen molar-refractivity contribution in [1.82, 2.24) is 10.2 Å². The zero-order chi connectivity index (χ0) is 20.9. The number of ether oxygens (including phenoxy) is 1. The van der Waals surface area contributed by atoms with E-state index < -0.39 is 0 Å². The van der Waals surface area contributed by atoms with E-state index in [9.17, 15) is 9.59 Å². The van der Waals surface area contributed by atoms with Gasteiger partial charge in [-0.05, 0) is 66.3 Å². The Balaban J connectivity index is 1.29. The van der Waals surface area contributed by atoms with Crippen LogP contribution in [0.25, 0.3) is 0 Å². The molecule has 2 heterocycles. The van der Waals surface area contributed by atoms with Crippen LogP contribution in [0.15, 0.2) is 42.5 Å². The van der Waals surface area contributed by atoms with Gasteiger partial charge in [0, 0.05) is 44.1 Å². The van der Waals surface area contributed by atoms with E-state index >= 15 is 0 Å². The highest BCUT2D eigenvalue weighted by atomic mass is 16.5. The Bertz CT molecular complexity index is 975. The molecule has 0 unspecified atom stereocenters. The highest BCUT2D eigenvalue weighted by Gasteiger charge is 2.23. The van der Waals surface area contributed by atoms with Crippen molar-refractivity contribution in [2.24, 2.45) is 5.92 Å². The number of benzene rings is 2. The lowest BCUT2D eigenvalue weighted by atomic mass is 10.0. The summed E-state index contributed by atoms with van der Waals surface area (Å²) in [5.41, 5.74) is 3.86. The van der Waals surface area contributed by atoms with Crippen LogP contribution in [0, 0.1) is 17.2 Å². The summed E-state index contributed by atoms with van der Waals surface area (Å²) in [6, 6.07) is 14.3. The van der Waals surface area contributed by atoms with Crippen molar-refractivity contribution >= 4 is 17.6 Å². The molecular formula is C23H24N4O3. The standard InChI is InChI=1S/C23H24N4O3/c24-12-17-1-2-19-14-27(15-20(19)11-17)23(29)26-21-5-3-18(4-6-21)22(28)25-13-16-7-9-30-10-8-16/h1-6,11,16H,7-10,13-15H2,(H,25,28)(H,26,29). The van der Waals surface area contributed by atoms with E-state index in [-0.39, 0.29) is 11.9 Å². The molecule has 1 fully saturated rings. The molecule has 0 atom stereocenters. The minimum absolute atomic E-state index is 0.109. The van der Waals surface area contributed by atoms with E-state index in [2.05, 4.69) is 16.7 Å². The first-order valence-corrected chi connectivity index (χ1v) is 10.2. The van der Waals surface area contributed by atoms with E-state index in [1.807, 2.05) is 12.1 Å². The molecule has 2 aromatic carbocycles.